The topological polar surface area (TPSA) is 73.8 Å². The van der Waals surface area contributed by atoms with Crippen LogP contribution in [0.15, 0.2) is 12.1 Å². The van der Waals surface area contributed by atoms with Crippen molar-refractivity contribution in [3.8, 4) is 5.75 Å². The summed E-state index contributed by atoms with van der Waals surface area (Å²) in [7, 11) is 1.76. The molecule has 1 amide bonds. The van der Waals surface area contributed by atoms with Crippen molar-refractivity contribution >= 4 is 5.91 Å². The van der Waals surface area contributed by atoms with E-state index in [4.69, 9.17) is 9.94 Å². The van der Waals surface area contributed by atoms with E-state index in [1.54, 1.807) is 7.11 Å². The average Bonchev–Trinajstić information content (AvgIpc) is 2.56. The fourth-order valence-electron chi connectivity index (χ4n) is 3.62. The van der Waals surface area contributed by atoms with Crippen molar-refractivity contribution in [1.29, 1.82) is 0 Å². The average molecular weight is 349 g/mol. The Morgan fingerprint density at radius 2 is 2.20 bits per heavy atom. The molecule has 6 nitrogen and oxygen atoms in total. The number of amides is 1. The molecule has 1 aromatic rings. The zero-order valence-electron chi connectivity index (χ0n) is 15.6. The van der Waals surface area contributed by atoms with Crippen LogP contribution in [0.2, 0.25) is 0 Å². The lowest BCUT2D eigenvalue weighted by atomic mass is 9.94. The van der Waals surface area contributed by atoms with Crippen LogP contribution in [0.3, 0.4) is 0 Å². The Morgan fingerprint density at radius 1 is 1.40 bits per heavy atom. The zero-order valence-corrected chi connectivity index (χ0v) is 15.6. The molecule has 0 aliphatic carbocycles. The minimum absolute atomic E-state index is 0.0283. The van der Waals surface area contributed by atoms with Crippen molar-refractivity contribution in [2.75, 3.05) is 26.7 Å². The largest absolute Gasteiger partial charge is 0.496 e. The van der Waals surface area contributed by atoms with Gasteiger partial charge < -0.3 is 15.3 Å². The van der Waals surface area contributed by atoms with Gasteiger partial charge in [-0.15, -0.1) is 0 Å². The molecule has 0 unspecified atom stereocenters. The number of nitrogens with one attached hydrogen (secondary N) is 2. The minimum Gasteiger partial charge on any atom is -0.496 e. The number of hydrogen-bond donors (Lipinski definition) is 3. The van der Waals surface area contributed by atoms with Crippen molar-refractivity contribution in [1.82, 2.24) is 15.7 Å². The second-order valence-corrected chi connectivity index (χ2v) is 6.74. The van der Waals surface area contributed by atoms with Gasteiger partial charge in [0.05, 0.1) is 13.7 Å². The number of fused-ring (bicyclic) bond motifs is 1. The summed E-state index contributed by atoms with van der Waals surface area (Å²) in [5, 5.41) is 11.5. The maximum atomic E-state index is 11.6. The van der Waals surface area contributed by atoms with E-state index in [2.05, 4.69) is 29.3 Å². The van der Waals surface area contributed by atoms with Gasteiger partial charge in [-0.3, -0.25) is 9.69 Å². The molecule has 1 aliphatic heterocycles. The number of carbonyl (C=O) groups excluding carboxylic acids is 1. The molecule has 0 saturated carbocycles. The molecule has 0 radical (unpaired) electrons. The minimum atomic E-state index is -0.197. The van der Waals surface area contributed by atoms with E-state index < -0.39 is 0 Å². The van der Waals surface area contributed by atoms with Crippen molar-refractivity contribution in [2.45, 2.75) is 52.1 Å². The van der Waals surface area contributed by atoms with E-state index in [9.17, 15) is 4.79 Å². The first kappa shape index (κ1) is 19.7. The molecule has 1 heterocycles. The standard InChI is InChI=1S/C19H31N3O3/c1-4-15-8-9-16-13-22(12-14(2)21-18(23)11-20-24)10-6-5-7-17(16)19(15)25-3/h8-9,14,20,24H,4-7,10-13H2,1-3H3,(H,21,23)/t14-/m0/s1. The molecule has 0 fully saturated rings. The van der Waals surface area contributed by atoms with Crippen LogP contribution in [-0.2, 0) is 24.2 Å². The van der Waals surface area contributed by atoms with Gasteiger partial charge in [0.1, 0.15) is 5.75 Å². The Hall–Kier alpha value is -1.63. The van der Waals surface area contributed by atoms with Gasteiger partial charge >= 0.3 is 0 Å². The highest BCUT2D eigenvalue weighted by molar-refractivity contribution is 5.78. The summed E-state index contributed by atoms with van der Waals surface area (Å²) in [5.41, 5.74) is 5.82. The fraction of sp³-hybridized carbons (Fsp3) is 0.632. The molecule has 0 spiro atoms. The first-order chi connectivity index (χ1) is 12.1. The van der Waals surface area contributed by atoms with E-state index in [-0.39, 0.29) is 18.5 Å². The zero-order chi connectivity index (χ0) is 18.2. The summed E-state index contributed by atoms with van der Waals surface area (Å²) in [5.74, 6) is 0.855. The van der Waals surface area contributed by atoms with Gasteiger partial charge in [0, 0.05) is 19.1 Å². The van der Waals surface area contributed by atoms with Crippen molar-refractivity contribution in [3.05, 3.63) is 28.8 Å². The van der Waals surface area contributed by atoms with Gasteiger partial charge in [-0.1, -0.05) is 19.1 Å². The Labute approximate surface area is 150 Å². The predicted octanol–water partition coefficient (Wildman–Crippen LogP) is 1.88. The van der Waals surface area contributed by atoms with Gasteiger partial charge in [0.25, 0.3) is 0 Å². The van der Waals surface area contributed by atoms with Crippen LogP contribution in [0.5, 0.6) is 5.75 Å². The molecular formula is C19H31N3O3. The van der Waals surface area contributed by atoms with E-state index in [1.807, 2.05) is 12.4 Å². The fourth-order valence-corrected chi connectivity index (χ4v) is 3.62. The number of hydrogen-bond acceptors (Lipinski definition) is 5. The number of nitrogens with zero attached hydrogens (tertiary/aromatic N) is 1. The molecule has 6 heteroatoms. The lowest BCUT2D eigenvalue weighted by Gasteiger charge is -2.30. The van der Waals surface area contributed by atoms with Crippen LogP contribution in [0.4, 0.5) is 0 Å². The van der Waals surface area contributed by atoms with Crippen LogP contribution >= 0.6 is 0 Å². The van der Waals surface area contributed by atoms with E-state index >= 15 is 0 Å². The van der Waals surface area contributed by atoms with Crippen LogP contribution < -0.4 is 15.5 Å². The van der Waals surface area contributed by atoms with Gasteiger partial charge in [-0.05, 0) is 55.8 Å². The third kappa shape index (κ3) is 5.42. The number of methoxy groups -OCH3 is 1. The molecule has 25 heavy (non-hydrogen) atoms. The van der Waals surface area contributed by atoms with Gasteiger partial charge in [0.15, 0.2) is 0 Å². The molecule has 2 rings (SSSR count). The lowest BCUT2D eigenvalue weighted by molar-refractivity contribution is -0.122. The summed E-state index contributed by atoms with van der Waals surface area (Å²) in [6.07, 6.45) is 4.32. The van der Waals surface area contributed by atoms with Gasteiger partial charge in [-0.25, -0.2) is 0 Å². The summed E-state index contributed by atoms with van der Waals surface area (Å²) < 4.78 is 5.72. The Balaban J connectivity index is 2.10. The number of benzene rings is 1. The molecule has 0 aromatic heterocycles. The number of carbonyl (C=O) groups is 1. The number of ether oxygens (including phenoxy) is 1. The molecule has 140 valence electrons. The number of rotatable bonds is 7. The smallest absolute Gasteiger partial charge is 0.236 e. The van der Waals surface area contributed by atoms with E-state index in [0.29, 0.717) is 0 Å². The first-order valence-corrected chi connectivity index (χ1v) is 9.15. The molecule has 0 bridgehead atoms. The van der Waals surface area contributed by atoms with Crippen molar-refractivity contribution in [2.24, 2.45) is 0 Å². The summed E-state index contributed by atoms with van der Waals surface area (Å²) in [4.78, 5) is 14.0. The highest BCUT2D eigenvalue weighted by Crippen LogP contribution is 2.31. The van der Waals surface area contributed by atoms with Gasteiger partial charge in [-0.2, -0.15) is 5.48 Å². The highest BCUT2D eigenvalue weighted by Gasteiger charge is 2.20. The second-order valence-electron chi connectivity index (χ2n) is 6.74. The van der Waals surface area contributed by atoms with Crippen LogP contribution in [0.1, 0.15) is 43.4 Å². The summed E-state index contributed by atoms with van der Waals surface area (Å²) in [6.45, 7) is 6.75. The van der Waals surface area contributed by atoms with Crippen molar-refractivity contribution < 1.29 is 14.7 Å². The van der Waals surface area contributed by atoms with Crippen LogP contribution in [-0.4, -0.2) is 48.8 Å². The third-order valence-corrected chi connectivity index (χ3v) is 4.75. The maximum Gasteiger partial charge on any atom is 0.236 e. The molecule has 1 atom stereocenters. The Kier molecular flexibility index (Phi) is 7.68. The molecule has 1 aliphatic rings. The second kappa shape index (κ2) is 9.75. The Morgan fingerprint density at radius 3 is 2.88 bits per heavy atom. The van der Waals surface area contributed by atoms with Crippen LogP contribution in [0.25, 0.3) is 0 Å². The molecular weight excluding hydrogens is 318 g/mol. The van der Waals surface area contributed by atoms with Crippen molar-refractivity contribution in [3.63, 3.8) is 0 Å². The SMILES string of the molecule is CCc1ccc2c(c1OC)CCCCN(C[C@H](C)NC(=O)CNO)C2. The van der Waals surface area contributed by atoms with E-state index in [0.717, 1.165) is 51.1 Å². The molecule has 0 saturated heterocycles. The number of aryl methyl sites for hydroxylation is 1. The van der Waals surface area contributed by atoms with Gasteiger partial charge in [0.2, 0.25) is 5.91 Å². The van der Waals surface area contributed by atoms with Crippen LogP contribution in [0, 0.1) is 0 Å². The summed E-state index contributed by atoms with van der Waals surface area (Å²) in [6, 6.07) is 4.43. The number of hydroxylamine groups is 1. The predicted molar refractivity (Wildman–Crippen MR) is 98.0 cm³/mol. The highest BCUT2D eigenvalue weighted by atomic mass is 16.5. The monoisotopic (exact) mass is 349 g/mol. The lowest BCUT2D eigenvalue weighted by Crippen LogP contribution is -2.44. The maximum absolute atomic E-state index is 11.6. The molecule has 3 N–H and O–H groups in total. The summed E-state index contributed by atoms with van der Waals surface area (Å²) >= 11 is 0. The van der Waals surface area contributed by atoms with E-state index in [1.165, 1.54) is 16.7 Å². The quantitative estimate of drug-likeness (QED) is 0.656. The third-order valence-electron chi connectivity index (χ3n) is 4.75. The Bertz CT molecular complexity index is 577. The normalized spacial score (nSPS) is 16.5. The first-order valence-electron chi connectivity index (χ1n) is 9.15. The molecule has 1 aromatic carbocycles.